The van der Waals surface area contributed by atoms with Gasteiger partial charge in [0.05, 0.1) is 18.9 Å². The third-order valence-electron chi connectivity index (χ3n) is 6.37. The number of aromatic nitrogens is 7. The average molecular weight is 580 g/mol. The number of pyridine rings is 1. The fourth-order valence-electron chi connectivity index (χ4n) is 4.41. The molecule has 1 aliphatic heterocycles. The minimum Gasteiger partial charge on any atom is -0.497 e. The summed E-state index contributed by atoms with van der Waals surface area (Å²) in [6.45, 7) is 2.23. The standard InChI is InChI=1S/C29H25N9O5/c1-17-21(4-3-11-32-29(39)34-24-15-30-12-13-31-24)25(18-5-7-19(40-2)8-6-18)26(27-35-37-38-36-27)28(33-17)43-20-9-10-22-23(14-20)42-16-41-22/h3-10,12-15H,11,16H2,1-2H3,(H2,31,32,34,39)(H,35,36,37,38). The second-order valence-corrected chi connectivity index (χ2v) is 9.08. The molecule has 6 rings (SSSR count). The molecule has 5 aromatic rings. The number of aromatic amines is 1. The van der Waals surface area contributed by atoms with E-state index in [1.54, 1.807) is 25.3 Å². The molecule has 216 valence electrons. The number of fused-ring (bicyclic) bond motifs is 1. The van der Waals surface area contributed by atoms with E-state index in [9.17, 15) is 4.79 Å². The van der Waals surface area contributed by atoms with E-state index in [1.807, 2.05) is 43.3 Å². The van der Waals surface area contributed by atoms with Crippen LogP contribution in [-0.4, -0.2) is 62.1 Å². The number of nitrogens with one attached hydrogen (secondary N) is 3. The number of hydrogen-bond acceptors (Lipinski definition) is 11. The second kappa shape index (κ2) is 12.2. The van der Waals surface area contributed by atoms with Gasteiger partial charge < -0.3 is 24.3 Å². The zero-order chi connectivity index (χ0) is 29.6. The van der Waals surface area contributed by atoms with Crippen molar-refractivity contribution in [3.63, 3.8) is 0 Å². The van der Waals surface area contributed by atoms with E-state index in [-0.39, 0.29) is 25.0 Å². The number of benzene rings is 2. The van der Waals surface area contributed by atoms with Crippen LogP contribution < -0.4 is 29.6 Å². The lowest BCUT2D eigenvalue weighted by molar-refractivity contribution is 0.174. The van der Waals surface area contributed by atoms with Crippen molar-refractivity contribution in [1.29, 1.82) is 0 Å². The number of urea groups is 1. The van der Waals surface area contributed by atoms with Crippen molar-refractivity contribution in [2.24, 2.45) is 0 Å². The molecule has 0 bridgehead atoms. The Kier molecular flexibility index (Phi) is 7.71. The van der Waals surface area contributed by atoms with Crippen LogP contribution in [-0.2, 0) is 0 Å². The summed E-state index contributed by atoms with van der Waals surface area (Å²) in [4.78, 5) is 25.1. The maximum Gasteiger partial charge on any atom is 0.320 e. The Labute approximate surface area is 245 Å². The fourth-order valence-corrected chi connectivity index (χ4v) is 4.41. The first kappa shape index (κ1) is 27.1. The van der Waals surface area contributed by atoms with Crippen molar-refractivity contribution in [1.82, 2.24) is 40.9 Å². The molecule has 2 amide bonds. The summed E-state index contributed by atoms with van der Waals surface area (Å²) in [5.41, 5.74) is 3.51. The zero-order valence-electron chi connectivity index (χ0n) is 23.1. The molecule has 0 aliphatic carbocycles. The number of anilines is 1. The van der Waals surface area contributed by atoms with E-state index in [4.69, 9.17) is 23.9 Å². The smallest absolute Gasteiger partial charge is 0.320 e. The lowest BCUT2D eigenvalue weighted by Crippen LogP contribution is -2.29. The Bertz CT molecular complexity index is 1760. The van der Waals surface area contributed by atoms with Crippen molar-refractivity contribution >= 4 is 17.9 Å². The van der Waals surface area contributed by atoms with E-state index in [0.717, 1.165) is 16.7 Å². The van der Waals surface area contributed by atoms with Crippen molar-refractivity contribution in [3.05, 3.63) is 78.4 Å². The molecule has 43 heavy (non-hydrogen) atoms. The molecule has 3 aromatic heterocycles. The van der Waals surface area contributed by atoms with Crippen molar-refractivity contribution in [3.8, 4) is 51.4 Å². The van der Waals surface area contributed by atoms with Gasteiger partial charge in [0.1, 0.15) is 11.5 Å². The topological polar surface area (TPSA) is 171 Å². The van der Waals surface area contributed by atoms with Crippen LogP contribution in [0.2, 0.25) is 0 Å². The summed E-state index contributed by atoms with van der Waals surface area (Å²) < 4.78 is 22.6. The summed E-state index contributed by atoms with van der Waals surface area (Å²) in [7, 11) is 1.61. The second-order valence-electron chi connectivity index (χ2n) is 9.08. The van der Waals surface area contributed by atoms with Crippen molar-refractivity contribution in [2.75, 3.05) is 25.8 Å². The van der Waals surface area contributed by atoms with Gasteiger partial charge in [-0.25, -0.2) is 14.8 Å². The van der Waals surface area contributed by atoms with Crippen LogP contribution in [0.5, 0.6) is 28.9 Å². The number of rotatable bonds is 9. The molecule has 14 nitrogen and oxygen atoms in total. The number of amides is 2. The number of tetrazole rings is 1. The minimum absolute atomic E-state index is 0.143. The van der Waals surface area contributed by atoms with E-state index < -0.39 is 6.03 Å². The number of H-pyrrole nitrogens is 1. The predicted molar refractivity (Wildman–Crippen MR) is 155 cm³/mol. The molecule has 0 unspecified atom stereocenters. The van der Waals surface area contributed by atoms with Crippen molar-refractivity contribution in [2.45, 2.75) is 6.92 Å². The average Bonchev–Trinajstić information content (AvgIpc) is 3.73. The van der Waals surface area contributed by atoms with Crippen LogP contribution in [0.3, 0.4) is 0 Å². The molecule has 3 N–H and O–H groups in total. The zero-order valence-corrected chi connectivity index (χ0v) is 23.1. The monoisotopic (exact) mass is 579 g/mol. The SMILES string of the molecule is COc1ccc(-c2c(C=CCNC(=O)Nc3cnccn3)c(C)nc(Oc3ccc4c(c3)OCO4)c2-c2nn[nH]n2)cc1. The highest BCUT2D eigenvalue weighted by atomic mass is 16.7. The predicted octanol–water partition coefficient (Wildman–Crippen LogP) is 4.39. The summed E-state index contributed by atoms with van der Waals surface area (Å²) >= 11 is 0. The largest absolute Gasteiger partial charge is 0.497 e. The van der Waals surface area contributed by atoms with E-state index in [1.165, 1.54) is 18.6 Å². The van der Waals surface area contributed by atoms with Gasteiger partial charge in [-0.15, -0.1) is 10.2 Å². The van der Waals surface area contributed by atoms with Gasteiger partial charge >= 0.3 is 6.03 Å². The molecule has 14 heteroatoms. The quantitative estimate of drug-likeness (QED) is 0.226. The van der Waals surface area contributed by atoms with Gasteiger partial charge in [0.2, 0.25) is 18.5 Å². The lowest BCUT2D eigenvalue weighted by Gasteiger charge is -2.18. The van der Waals surface area contributed by atoms with Crippen LogP contribution in [0.1, 0.15) is 11.3 Å². The maximum atomic E-state index is 12.3. The highest BCUT2D eigenvalue weighted by molar-refractivity contribution is 5.91. The molecule has 0 saturated heterocycles. The first-order valence-corrected chi connectivity index (χ1v) is 13.1. The number of carbonyl (C=O) groups is 1. The van der Waals surface area contributed by atoms with E-state index in [2.05, 4.69) is 41.2 Å². The normalized spacial score (nSPS) is 11.9. The number of carbonyl (C=O) groups excluding carboxylic acids is 1. The first-order valence-electron chi connectivity index (χ1n) is 13.1. The Morgan fingerprint density at radius 1 is 1.07 bits per heavy atom. The lowest BCUT2D eigenvalue weighted by atomic mass is 9.93. The van der Waals surface area contributed by atoms with Crippen LogP contribution in [0.4, 0.5) is 10.6 Å². The van der Waals surface area contributed by atoms with Gasteiger partial charge in [-0.05, 0) is 42.0 Å². The van der Waals surface area contributed by atoms with E-state index >= 15 is 0 Å². The highest BCUT2D eigenvalue weighted by Gasteiger charge is 2.25. The Balaban J connectivity index is 1.38. The molecule has 2 aromatic carbocycles. The van der Waals surface area contributed by atoms with Gasteiger partial charge in [-0.2, -0.15) is 5.21 Å². The number of ether oxygens (including phenoxy) is 4. The van der Waals surface area contributed by atoms with Gasteiger partial charge in [0, 0.05) is 41.8 Å². The Hall–Kier alpha value is -6.05. The van der Waals surface area contributed by atoms with Gasteiger partial charge in [0.25, 0.3) is 0 Å². The van der Waals surface area contributed by atoms with Crippen LogP contribution in [0, 0.1) is 6.92 Å². The number of methoxy groups -OCH3 is 1. The molecule has 0 fully saturated rings. The van der Waals surface area contributed by atoms with Gasteiger partial charge in [0.15, 0.2) is 17.3 Å². The number of hydrogen-bond donors (Lipinski definition) is 3. The summed E-state index contributed by atoms with van der Waals surface area (Å²) in [5.74, 6) is 3.28. The first-order chi connectivity index (χ1) is 21.1. The molecule has 0 spiro atoms. The number of aryl methyl sites for hydroxylation is 1. The fraction of sp³-hybridized carbons (Fsp3) is 0.138. The third kappa shape index (κ3) is 6.02. The molecule has 0 radical (unpaired) electrons. The summed E-state index contributed by atoms with van der Waals surface area (Å²) in [6, 6.07) is 12.4. The van der Waals surface area contributed by atoms with Gasteiger partial charge in [-0.1, -0.05) is 24.3 Å². The number of nitrogens with zero attached hydrogens (tertiary/aromatic N) is 6. The minimum atomic E-state index is -0.421. The van der Waals surface area contributed by atoms with Crippen LogP contribution in [0.25, 0.3) is 28.6 Å². The van der Waals surface area contributed by atoms with Crippen LogP contribution in [0.15, 0.2) is 67.1 Å². The Morgan fingerprint density at radius 3 is 2.67 bits per heavy atom. The summed E-state index contributed by atoms with van der Waals surface area (Å²) in [5, 5.41) is 20.2. The molecular formula is C29H25N9O5. The van der Waals surface area contributed by atoms with Crippen LogP contribution >= 0.6 is 0 Å². The van der Waals surface area contributed by atoms with Gasteiger partial charge in [-0.3, -0.25) is 10.3 Å². The molecule has 0 saturated carbocycles. The highest BCUT2D eigenvalue weighted by Crippen LogP contribution is 2.44. The molecular weight excluding hydrogens is 554 g/mol. The molecule has 1 aliphatic rings. The summed E-state index contributed by atoms with van der Waals surface area (Å²) in [6.07, 6.45) is 8.16. The Morgan fingerprint density at radius 2 is 1.91 bits per heavy atom. The third-order valence-corrected chi connectivity index (χ3v) is 6.37. The maximum absolute atomic E-state index is 12.3. The molecule has 4 heterocycles. The molecule has 0 atom stereocenters. The van der Waals surface area contributed by atoms with E-state index in [0.29, 0.717) is 40.1 Å². The van der Waals surface area contributed by atoms with Crippen molar-refractivity contribution < 1.29 is 23.7 Å².